The number of rotatable bonds is 5. The van der Waals surface area contributed by atoms with E-state index >= 15 is 0 Å². The molecular weight excluding hydrogens is 394 g/mol. The standard InChI is InChI=1S/C20H29N3O3S2/c21-19(26)14-9-15(24)17(25)16-18(14)28-20(22-10-12-5-2-1-3-6-12)23(16)11-13-7-4-8-27-13/h4,7-8,12,14-18,24-25H,1-3,5-6,9-11H2,(H2,21,26). The molecule has 154 valence electrons. The third-order valence-corrected chi connectivity index (χ3v) is 8.62. The van der Waals surface area contributed by atoms with Crippen LogP contribution in [0, 0.1) is 11.8 Å². The molecule has 0 bridgehead atoms. The molecule has 5 unspecified atom stereocenters. The first-order valence-electron chi connectivity index (χ1n) is 10.2. The summed E-state index contributed by atoms with van der Waals surface area (Å²) in [6.45, 7) is 1.42. The Kier molecular flexibility index (Phi) is 6.30. The third-order valence-electron chi connectivity index (χ3n) is 6.30. The number of fused-ring (bicyclic) bond motifs is 1. The fraction of sp³-hybridized carbons (Fsp3) is 0.700. The molecule has 1 aromatic heterocycles. The first-order valence-corrected chi connectivity index (χ1v) is 12.0. The predicted octanol–water partition coefficient (Wildman–Crippen LogP) is 2.20. The molecule has 5 atom stereocenters. The normalized spacial score (nSPS) is 35.3. The smallest absolute Gasteiger partial charge is 0.221 e. The number of amides is 1. The zero-order valence-electron chi connectivity index (χ0n) is 15.9. The zero-order valence-corrected chi connectivity index (χ0v) is 17.6. The second kappa shape index (κ2) is 8.73. The molecule has 28 heavy (non-hydrogen) atoms. The van der Waals surface area contributed by atoms with Crippen LogP contribution in [0.5, 0.6) is 0 Å². The molecular formula is C20H29N3O3S2. The van der Waals surface area contributed by atoms with Gasteiger partial charge in [0.25, 0.3) is 0 Å². The minimum Gasteiger partial charge on any atom is -0.390 e. The summed E-state index contributed by atoms with van der Waals surface area (Å²) < 4.78 is 0. The molecule has 1 aromatic rings. The van der Waals surface area contributed by atoms with E-state index in [1.807, 2.05) is 11.4 Å². The fourth-order valence-corrected chi connectivity index (χ4v) is 7.02. The van der Waals surface area contributed by atoms with Gasteiger partial charge in [-0.05, 0) is 36.6 Å². The van der Waals surface area contributed by atoms with E-state index in [4.69, 9.17) is 10.7 Å². The van der Waals surface area contributed by atoms with Gasteiger partial charge in [0.1, 0.15) is 6.10 Å². The number of amidine groups is 1. The van der Waals surface area contributed by atoms with Gasteiger partial charge >= 0.3 is 0 Å². The lowest BCUT2D eigenvalue weighted by molar-refractivity contribution is -0.128. The van der Waals surface area contributed by atoms with E-state index in [2.05, 4.69) is 11.0 Å². The molecule has 3 fully saturated rings. The Labute approximate surface area is 174 Å². The molecule has 2 aliphatic carbocycles. The summed E-state index contributed by atoms with van der Waals surface area (Å²) in [5, 5.41) is 23.9. The summed E-state index contributed by atoms with van der Waals surface area (Å²) in [5.41, 5.74) is 5.65. The molecule has 1 amide bonds. The number of aliphatic imine (C=N–C) groups is 1. The highest BCUT2D eigenvalue weighted by molar-refractivity contribution is 8.14. The molecule has 1 aliphatic heterocycles. The number of hydrogen-bond donors (Lipinski definition) is 3. The summed E-state index contributed by atoms with van der Waals surface area (Å²) >= 11 is 3.23. The van der Waals surface area contributed by atoms with Gasteiger partial charge in [-0.15, -0.1) is 11.3 Å². The van der Waals surface area contributed by atoms with Crippen LogP contribution in [0.1, 0.15) is 43.4 Å². The number of aliphatic hydroxyl groups excluding tert-OH is 2. The van der Waals surface area contributed by atoms with E-state index < -0.39 is 24.0 Å². The maximum absolute atomic E-state index is 12.0. The molecule has 0 radical (unpaired) electrons. The average Bonchev–Trinajstić information content (AvgIpc) is 3.32. The molecule has 3 aliphatic rings. The van der Waals surface area contributed by atoms with Crippen molar-refractivity contribution >= 4 is 34.2 Å². The van der Waals surface area contributed by atoms with Crippen LogP contribution < -0.4 is 5.73 Å². The molecule has 4 rings (SSSR count). The van der Waals surface area contributed by atoms with Crippen molar-refractivity contribution in [2.75, 3.05) is 6.54 Å². The van der Waals surface area contributed by atoms with Crippen LogP contribution in [0.15, 0.2) is 22.5 Å². The minimum absolute atomic E-state index is 0.166. The average molecular weight is 424 g/mol. The number of nitrogens with two attached hydrogens (primary N) is 1. The Morgan fingerprint density at radius 2 is 2.07 bits per heavy atom. The molecule has 4 N–H and O–H groups in total. The Morgan fingerprint density at radius 1 is 1.29 bits per heavy atom. The number of hydrogen-bond acceptors (Lipinski definition) is 6. The summed E-state index contributed by atoms with van der Waals surface area (Å²) in [4.78, 5) is 20.3. The van der Waals surface area contributed by atoms with E-state index in [0.29, 0.717) is 12.5 Å². The number of carbonyl (C=O) groups is 1. The van der Waals surface area contributed by atoms with Gasteiger partial charge in [-0.1, -0.05) is 37.1 Å². The highest BCUT2D eigenvalue weighted by atomic mass is 32.2. The summed E-state index contributed by atoms with van der Waals surface area (Å²) in [5.74, 6) is -0.241. The van der Waals surface area contributed by atoms with E-state index in [-0.39, 0.29) is 17.7 Å². The summed E-state index contributed by atoms with van der Waals surface area (Å²) in [6, 6.07) is 3.73. The van der Waals surface area contributed by atoms with Crippen molar-refractivity contribution in [1.29, 1.82) is 0 Å². The van der Waals surface area contributed by atoms with Crippen molar-refractivity contribution in [3.05, 3.63) is 22.4 Å². The van der Waals surface area contributed by atoms with Crippen LogP contribution in [0.25, 0.3) is 0 Å². The van der Waals surface area contributed by atoms with Gasteiger partial charge in [0.2, 0.25) is 5.91 Å². The minimum atomic E-state index is -0.942. The quantitative estimate of drug-likeness (QED) is 0.674. The van der Waals surface area contributed by atoms with Crippen LogP contribution in [0.3, 0.4) is 0 Å². The Bertz CT molecular complexity index is 706. The van der Waals surface area contributed by atoms with E-state index in [9.17, 15) is 15.0 Å². The SMILES string of the molecule is NC(=O)C1CC(O)C(O)C2C1SC(=NCC1CCCCC1)N2Cc1cccs1. The molecule has 0 spiro atoms. The van der Waals surface area contributed by atoms with Gasteiger partial charge in [-0.3, -0.25) is 9.79 Å². The lowest BCUT2D eigenvalue weighted by atomic mass is 9.80. The monoisotopic (exact) mass is 423 g/mol. The topological polar surface area (TPSA) is 99.2 Å². The Balaban J connectivity index is 1.60. The molecule has 6 nitrogen and oxygen atoms in total. The van der Waals surface area contributed by atoms with Crippen LogP contribution in [0.4, 0.5) is 0 Å². The van der Waals surface area contributed by atoms with Crippen LogP contribution in [-0.2, 0) is 11.3 Å². The first kappa shape index (κ1) is 20.2. The second-order valence-electron chi connectivity index (χ2n) is 8.21. The van der Waals surface area contributed by atoms with Crippen molar-refractivity contribution in [1.82, 2.24) is 4.90 Å². The number of aliphatic hydroxyl groups is 2. The highest BCUT2D eigenvalue weighted by Gasteiger charge is 2.54. The van der Waals surface area contributed by atoms with Gasteiger partial charge in [0.15, 0.2) is 5.17 Å². The molecule has 0 aromatic carbocycles. The molecule has 1 saturated heterocycles. The lowest BCUT2D eigenvalue weighted by Gasteiger charge is -2.41. The van der Waals surface area contributed by atoms with Crippen molar-refractivity contribution in [3.63, 3.8) is 0 Å². The van der Waals surface area contributed by atoms with Crippen LogP contribution >= 0.6 is 23.1 Å². The maximum Gasteiger partial charge on any atom is 0.221 e. The third kappa shape index (κ3) is 4.10. The summed E-state index contributed by atoms with van der Waals surface area (Å²) in [7, 11) is 0. The first-order chi connectivity index (χ1) is 13.5. The summed E-state index contributed by atoms with van der Waals surface area (Å²) in [6.07, 6.45) is 4.70. The van der Waals surface area contributed by atoms with Gasteiger partial charge in [0, 0.05) is 16.7 Å². The van der Waals surface area contributed by atoms with Crippen LogP contribution in [0.2, 0.25) is 0 Å². The number of carbonyl (C=O) groups excluding carboxylic acids is 1. The number of primary amides is 1. The van der Waals surface area contributed by atoms with E-state index in [1.54, 1.807) is 23.1 Å². The predicted molar refractivity (Wildman–Crippen MR) is 113 cm³/mol. The highest BCUT2D eigenvalue weighted by Crippen LogP contribution is 2.45. The van der Waals surface area contributed by atoms with Gasteiger partial charge in [0.05, 0.1) is 24.6 Å². The van der Waals surface area contributed by atoms with Gasteiger partial charge in [-0.2, -0.15) is 0 Å². The van der Waals surface area contributed by atoms with Crippen molar-refractivity contribution in [3.8, 4) is 0 Å². The van der Waals surface area contributed by atoms with Crippen molar-refractivity contribution in [2.24, 2.45) is 22.6 Å². The Morgan fingerprint density at radius 3 is 2.75 bits per heavy atom. The second-order valence-corrected chi connectivity index (χ2v) is 10.4. The van der Waals surface area contributed by atoms with Gasteiger partial charge < -0.3 is 20.8 Å². The van der Waals surface area contributed by atoms with E-state index in [1.165, 1.54) is 37.0 Å². The fourth-order valence-electron chi connectivity index (χ4n) is 4.75. The van der Waals surface area contributed by atoms with Crippen molar-refractivity contribution in [2.45, 2.75) is 68.6 Å². The molecule has 2 saturated carbocycles. The molecule has 8 heteroatoms. The number of nitrogens with zero attached hydrogens (tertiary/aromatic N) is 2. The zero-order chi connectivity index (χ0) is 19.7. The number of thiophene rings is 1. The maximum atomic E-state index is 12.0. The largest absolute Gasteiger partial charge is 0.390 e. The molecule has 2 heterocycles. The number of thioether (sulfide) groups is 1. The van der Waals surface area contributed by atoms with E-state index in [0.717, 1.165) is 11.7 Å². The van der Waals surface area contributed by atoms with Crippen molar-refractivity contribution < 1.29 is 15.0 Å². The Hall–Kier alpha value is -1.09. The van der Waals surface area contributed by atoms with Gasteiger partial charge in [-0.25, -0.2) is 0 Å². The lowest BCUT2D eigenvalue weighted by Crippen LogP contribution is -2.58. The van der Waals surface area contributed by atoms with Crippen LogP contribution in [-0.4, -0.2) is 56.2 Å².